The average Bonchev–Trinajstić information content (AvgIpc) is 3.20. The highest BCUT2D eigenvalue weighted by atomic mass is 16.5. The van der Waals surface area contributed by atoms with Crippen molar-refractivity contribution in [1.29, 1.82) is 0 Å². The zero-order valence-corrected chi connectivity index (χ0v) is 38.9. The molecule has 0 amide bonds. The van der Waals surface area contributed by atoms with Crippen LogP contribution in [0.5, 0.6) is 0 Å². The lowest BCUT2D eigenvalue weighted by Gasteiger charge is -2.19. The molecule has 0 radical (unpaired) electrons. The fourth-order valence-corrected chi connectivity index (χ4v) is 7.48. The molecule has 0 rings (SSSR count). The second-order valence-electron chi connectivity index (χ2n) is 17.2. The molecule has 0 fully saturated rings. The van der Waals surface area contributed by atoms with Gasteiger partial charge in [0.15, 0.2) is 0 Å². The van der Waals surface area contributed by atoms with Crippen molar-refractivity contribution in [3.63, 3.8) is 0 Å². The SMILES string of the molecule is CCCCCCCCC(CCCCCC)C(=O)OCCCCCOC(=O)CC(CN(C)C)C(=O)OCCCCCOC(=O)C(CCCCCC)CCCCCCCC. The summed E-state index contributed by atoms with van der Waals surface area (Å²) in [5.74, 6) is -1.49. The van der Waals surface area contributed by atoms with Crippen molar-refractivity contribution < 1.29 is 38.1 Å². The Balaban J connectivity index is 4.42. The largest absolute Gasteiger partial charge is 0.466 e. The predicted octanol–water partition coefficient (Wildman–Crippen LogP) is 12.7. The van der Waals surface area contributed by atoms with E-state index in [4.69, 9.17) is 18.9 Å². The Hall–Kier alpha value is -2.16. The summed E-state index contributed by atoms with van der Waals surface area (Å²) in [5, 5.41) is 0. The number of rotatable bonds is 43. The van der Waals surface area contributed by atoms with Gasteiger partial charge in [-0.25, -0.2) is 0 Å². The molecule has 0 spiro atoms. The van der Waals surface area contributed by atoms with Gasteiger partial charge in [0.05, 0.1) is 50.6 Å². The number of esters is 4. The molecule has 58 heavy (non-hydrogen) atoms. The van der Waals surface area contributed by atoms with E-state index in [0.29, 0.717) is 32.6 Å². The maximum Gasteiger partial charge on any atom is 0.310 e. The number of carbonyl (C=O) groups excluding carboxylic acids is 4. The standard InChI is InChI=1S/C49H93NO8/c1-7-11-15-19-21-27-35-43(33-25-17-13-9-3)47(52)56-38-30-23-29-37-55-46(51)41-45(42-50(5)6)49(54)58-40-32-24-31-39-57-48(53)44(34-26-18-14-10-4)36-28-22-20-16-12-8-2/h43-45H,7-42H2,1-6H3. The summed E-state index contributed by atoms with van der Waals surface area (Å²) in [6.45, 7) is 10.6. The summed E-state index contributed by atoms with van der Waals surface area (Å²) < 4.78 is 22.5. The minimum absolute atomic E-state index is 0.00284. The van der Waals surface area contributed by atoms with Gasteiger partial charge in [-0.1, -0.05) is 156 Å². The summed E-state index contributed by atoms with van der Waals surface area (Å²) in [6, 6.07) is 0. The molecule has 0 aliphatic heterocycles. The molecule has 9 heteroatoms. The zero-order valence-electron chi connectivity index (χ0n) is 38.9. The van der Waals surface area contributed by atoms with Gasteiger partial charge in [0.1, 0.15) is 0 Å². The third-order valence-electron chi connectivity index (χ3n) is 11.2. The van der Waals surface area contributed by atoms with E-state index >= 15 is 0 Å². The monoisotopic (exact) mass is 824 g/mol. The predicted molar refractivity (Wildman–Crippen MR) is 239 cm³/mol. The Morgan fingerprint density at radius 1 is 0.362 bits per heavy atom. The minimum atomic E-state index is -0.602. The number of hydrogen-bond donors (Lipinski definition) is 0. The van der Waals surface area contributed by atoms with Crippen LogP contribution in [-0.2, 0) is 38.1 Å². The minimum Gasteiger partial charge on any atom is -0.466 e. The summed E-state index contributed by atoms with van der Waals surface area (Å²) in [6.07, 6.45) is 32.1. The second kappa shape index (κ2) is 41.6. The summed E-state index contributed by atoms with van der Waals surface area (Å²) in [4.78, 5) is 53.3. The quantitative estimate of drug-likeness (QED) is 0.0337. The number of carbonyl (C=O) groups is 4. The molecule has 0 N–H and O–H groups in total. The normalized spacial score (nSPS) is 12.9. The van der Waals surface area contributed by atoms with Crippen LogP contribution in [-0.4, -0.2) is 75.8 Å². The molecule has 0 heterocycles. The van der Waals surface area contributed by atoms with Crippen LogP contribution in [0.4, 0.5) is 0 Å². The molecule has 0 saturated heterocycles. The molecule has 3 unspecified atom stereocenters. The van der Waals surface area contributed by atoms with Crippen molar-refractivity contribution >= 4 is 23.9 Å². The molecule has 0 bridgehead atoms. The van der Waals surface area contributed by atoms with Crippen LogP contribution >= 0.6 is 0 Å². The maximum absolute atomic E-state index is 12.9. The summed E-state index contributed by atoms with van der Waals surface area (Å²) in [7, 11) is 3.73. The highest BCUT2D eigenvalue weighted by Gasteiger charge is 2.25. The van der Waals surface area contributed by atoms with E-state index in [9.17, 15) is 19.2 Å². The van der Waals surface area contributed by atoms with Crippen LogP contribution in [0.15, 0.2) is 0 Å². The Kier molecular flexibility index (Phi) is 40.0. The third kappa shape index (κ3) is 34.7. The molecule has 0 aromatic heterocycles. The topological polar surface area (TPSA) is 108 Å². The molecular formula is C49H93NO8. The van der Waals surface area contributed by atoms with Crippen LogP contribution < -0.4 is 0 Å². The first kappa shape index (κ1) is 55.8. The number of hydrogen-bond acceptors (Lipinski definition) is 9. The number of nitrogens with zero attached hydrogens (tertiary/aromatic N) is 1. The molecule has 3 atom stereocenters. The summed E-state index contributed by atoms with van der Waals surface area (Å²) in [5.41, 5.74) is 0. The Bertz CT molecular complexity index is 972. The lowest BCUT2D eigenvalue weighted by molar-refractivity contribution is -0.156. The molecule has 9 nitrogen and oxygen atoms in total. The fraction of sp³-hybridized carbons (Fsp3) is 0.918. The molecule has 0 saturated carbocycles. The molecule has 0 aromatic carbocycles. The molecular weight excluding hydrogens is 731 g/mol. The molecule has 342 valence electrons. The molecule has 0 aliphatic carbocycles. The van der Waals surface area contributed by atoms with Gasteiger partial charge in [-0.15, -0.1) is 0 Å². The smallest absolute Gasteiger partial charge is 0.310 e. The van der Waals surface area contributed by atoms with Crippen molar-refractivity contribution in [1.82, 2.24) is 4.90 Å². The highest BCUT2D eigenvalue weighted by Crippen LogP contribution is 2.22. The van der Waals surface area contributed by atoms with E-state index in [1.165, 1.54) is 103 Å². The van der Waals surface area contributed by atoms with Crippen molar-refractivity contribution in [2.45, 2.75) is 227 Å². The van der Waals surface area contributed by atoms with E-state index in [-0.39, 0.29) is 49.4 Å². The highest BCUT2D eigenvalue weighted by molar-refractivity contribution is 5.80. The first-order valence-corrected chi connectivity index (χ1v) is 24.5. The molecule has 0 aliphatic rings. The van der Waals surface area contributed by atoms with Crippen LogP contribution in [0.1, 0.15) is 227 Å². The van der Waals surface area contributed by atoms with Gasteiger partial charge in [-0.2, -0.15) is 0 Å². The van der Waals surface area contributed by atoms with Crippen LogP contribution in [0, 0.1) is 17.8 Å². The summed E-state index contributed by atoms with van der Waals surface area (Å²) >= 11 is 0. The van der Waals surface area contributed by atoms with Gasteiger partial charge < -0.3 is 23.8 Å². The maximum atomic E-state index is 12.9. The van der Waals surface area contributed by atoms with E-state index in [1.54, 1.807) is 0 Å². The van der Waals surface area contributed by atoms with Crippen LogP contribution in [0.3, 0.4) is 0 Å². The Morgan fingerprint density at radius 3 is 0.983 bits per heavy atom. The second-order valence-corrected chi connectivity index (χ2v) is 17.2. The first-order chi connectivity index (χ1) is 28.2. The fourth-order valence-electron chi connectivity index (χ4n) is 7.48. The van der Waals surface area contributed by atoms with Gasteiger partial charge in [0.2, 0.25) is 0 Å². The van der Waals surface area contributed by atoms with Crippen LogP contribution in [0.2, 0.25) is 0 Å². The van der Waals surface area contributed by atoms with E-state index in [0.717, 1.165) is 77.0 Å². The van der Waals surface area contributed by atoms with Crippen molar-refractivity contribution in [3.05, 3.63) is 0 Å². The van der Waals surface area contributed by atoms with E-state index in [2.05, 4.69) is 27.7 Å². The Morgan fingerprint density at radius 2 is 0.638 bits per heavy atom. The average molecular weight is 824 g/mol. The lowest BCUT2D eigenvalue weighted by atomic mass is 9.94. The van der Waals surface area contributed by atoms with Gasteiger partial charge in [-0.3, -0.25) is 19.2 Å². The third-order valence-corrected chi connectivity index (χ3v) is 11.2. The van der Waals surface area contributed by atoms with Crippen molar-refractivity contribution in [3.8, 4) is 0 Å². The van der Waals surface area contributed by atoms with Gasteiger partial charge >= 0.3 is 23.9 Å². The van der Waals surface area contributed by atoms with E-state index in [1.807, 2.05) is 19.0 Å². The first-order valence-electron chi connectivity index (χ1n) is 24.5. The van der Waals surface area contributed by atoms with Gasteiger partial charge in [-0.05, 0) is 78.3 Å². The van der Waals surface area contributed by atoms with Gasteiger partial charge in [0, 0.05) is 6.54 Å². The zero-order chi connectivity index (χ0) is 42.9. The number of ether oxygens (including phenoxy) is 4. The van der Waals surface area contributed by atoms with Crippen molar-refractivity contribution in [2.24, 2.45) is 17.8 Å². The number of unbranched alkanes of at least 4 members (excludes halogenated alkanes) is 20. The Labute approximate surface area is 357 Å². The van der Waals surface area contributed by atoms with Crippen molar-refractivity contribution in [2.75, 3.05) is 47.1 Å². The van der Waals surface area contributed by atoms with Gasteiger partial charge in [0.25, 0.3) is 0 Å². The molecule has 0 aromatic rings. The van der Waals surface area contributed by atoms with E-state index < -0.39 is 11.9 Å². The van der Waals surface area contributed by atoms with Crippen LogP contribution in [0.25, 0.3) is 0 Å². The lowest BCUT2D eigenvalue weighted by Crippen LogP contribution is -2.32.